The summed E-state index contributed by atoms with van der Waals surface area (Å²) in [7, 11) is -3.55. The molecule has 5 nitrogen and oxygen atoms in total. The lowest BCUT2D eigenvalue weighted by molar-refractivity contribution is 0.0950. The van der Waals surface area contributed by atoms with Gasteiger partial charge in [-0.15, -0.1) is 0 Å². The molecular weight excluding hydrogens is 372 g/mol. The molecule has 1 N–H and O–H groups in total. The van der Waals surface area contributed by atoms with E-state index < -0.39 is 10.0 Å². The maximum atomic E-state index is 13.0. The van der Waals surface area contributed by atoms with Gasteiger partial charge in [-0.25, -0.2) is 8.42 Å². The topological polar surface area (TPSA) is 66.5 Å². The van der Waals surface area contributed by atoms with Gasteiger partial charge in [-0.05, 0) is 48.6 Å². The van der Waals surface area contributed by atoms with E-state index in [9.17, 15) is 13.2 Å². The quantitative estimate of drug-likeness (QED) is 0.840. The molecule has 1 atom stereocenters. The van der Waals surface area contributed by atoms with Crippen molar-refractivity contribution in [2.24, 2.45) is 0 Å². The molecule has 6 heteroatoms. The zero-order chi connectivity index (χ0) is 19.6. The molecule has 148 valence electrons. The highest BCUT2D eigenvalue weighted by Gasteiger charge is 2.27. The van der Waals surface area contributed by atoms with Crippen LogP contribution in [0.15, 0.2) is 53.4 Å². The maximum Gasteiger partial charge on any atom is 0.251 e. The van der Waals surface area contributed by atoms with Gasteiger partial charge in [-0.3, -0.25) is 4.79 Å². The molecule has 28 heavy (non-hydrogen) atoms. The van der Waals surface area contributed by atoms with Crippen molar-refractivity contribution < 1.29 is 13.2 Å². The first-order valence-electron chi connectivity index (χ1n) is 10.0. The average molecular weight is 399 g/mol. The highest BCUT2D eigenvalue weighted by Crippen LogP contribution is 2.34. The van der Waals surface area contributed by atoms with Gasteiger partial charge in [0.1, 0.15) is 0 Å². The number of hydrogen-bond acceptors (Lipinski definition) is 3. The Morgan fingerprint density at radius 3 is 2.50 bits per heavy atom. The van der Waals surface area contributed by atoms with E-state index in [0.29, 0.717) is 31.1 Å². The van der Waals surface area contributed by atoms with Crippen LogP contribution in [-0.2, 0) is 16.4 Å². The molecule has 0 saturated carbocycles. The van der Waals surface area contributed by atoms with Gasteiger partial charge in [0.15, 0.2) is 0 Å². The van der Waals surface area contributed by atoms with Gasteiger partial charge in [-0.1, -0.05) is 43.2 Å². The third kappa shape index (κ3) is 3.84. The molecule has 1 saturated heterocycles. The molecular formula is C22H26N2O3S. The smallest absolute Gasteiger partial charge is 0.251 e. The lowest BCUT2D eigenvalue weighted by Crippen LogP contribution is -2.34. The van der Waals surface area contributed by atoms with Gasteiger partial charge in [0, 0.05) is 31.1 Å². The standard InChI is InChI=1S/C22H26N2O3S/c25-22(23-16-19-14-17-8-3-4-11-21(17)19)18-9-7-10-20(15-18)28(26,27)24-12-5-1-2-6-13-24/h3-4,7-11,15,19H,1-2,5-6,12-14,16H2,(H,23,25). The minimum atomic E-state index is -3.55. The number of benzene rings is 2. The number of carbonyl (C=O) groups is 1. The molecule has 1 amide bonds. The lowest BCUT2D eigenvalue weighted by atomic mass is 9.77. The summed E-state index contributed by atoms with van der Waals surface area (Å²) < 4.78 is 27.5. The lowest BCUT2D eigenvalue weighted by Gasteiger charge is -2.30. The number of carbonyl (C=O) groups excluding carboxylic acids is 1. The zero-order valence-electron chi connectivity index (χ0n) is 15.9. The minimum Gasteiger partial charge on any atom is -0.351 e. The molecule has 1 aliphatic carbocycles. The molecule has 2 aromatic carbocycles. The molecule has 4 rings (SSSR count). The third-order valence-electron chi connectivity index (χ3n) is 5.77. The summed E-state index contributed by atoms with van der Waals surface area (Å²) in [6.07, 6.45) is 4.89. The third-order valence-corrected chi connectivity index (χ3v) is 7.66. The number of sulfonamides is 1. The first kappa shape index (κ1) is 19.2. The SMILES string of the molecule is O=C(NCC1Cc2ccccc21)c1cccc(S(=O)(=O)N2CCCCCC2)c1. The van der Waals surface area contributed by atoms with Crippen LogP contribution in [0.4, 0.5) is 0 Å². The van der Waals surface area contributed by atoms with Crippen LogP contribution in [-0.4, -0.2) is 38.3 Å². The van der Waals surface area contributed by atoms with E-state index in [1.54, 1.807) is 22.5 Å². The predicted octanol–water partition coefficient (Wildman–Crippen LogP) is 3.32. The van der Waals surface area contributed by atoms with E-state index in [0.717, 1.165) is 32.1 Å². The first-order valence-corrected chi connectivity index (χ1v) is 11.5. The van der Waals surface area contributed by atoms with Crippen molar-refractivity contribution in [2.75, 3.05) is 19.6 Å². The molecule has 2 aliphatic rings. The van der Waals surface area contributed by atoms with Crippen LogP contribution < -0.4 is 5.32 Å². The number of amides is 1. The summed E-state index contributed by atoms with van der Waals surface area (Å²) >= 11 is 0. The summed E-state index contributed by atoms with van der Waals surface area (Å²) in [4.78, 5) is 12.8. The highest BCUT2D eigenvalue weighted by atomic mass is 32.2. The Bertz CT molecular complexity index is 963. The Hall–Kier alpha value is -2.18. The summed E-state index contributed by atoms with van der Waals surface area (Å²) in [5, 5.41) is 2.96. The number of hydrogen-bond donors (Lipinski definition) is 1. The van der Waals surface area contributed by atoms with Crippen molar-refractivity contribution in [1.82, 2.24) is 9.62 Å². The van der Waals surface area contributed by atoms with Crippen LogP contribution in [0.1, 0.15) is 53.1 Å². The van der Waals surface area contributed by atoms with Gasteiger partial charge >= 0.3 is 0 Å². The molecule has 0 spiro atoms. The average Bonchev–Trinajstić information content (AvgIpc) is 2.99. The fourth-order valence-electron chi connectivity index (χ4n) is 4.09. The molecule has 1 heterocycles. The fraction of sp³-hybridized carbons (Fsp3) is 0.409. The van der Waals surface area contributed by atoms with Gasteiger partial charge in [-0.2, -0.15) is 4.31 Å². The van der Waals surface area contributed by atoms with Crippen LogP contribution >= 0.6 is 0 Å². The Morgan fingerprint density at radius 2 is 1.75 bits per heavy atom. The molecule has 0 bridgehead atoms. The number of rotatable bonds is 5. The van der Waals surface area contributed by atoms with Crippen LogP contribution in [0.2, 0.25) is 0 Å². The normalized spacial score (nSPS) is 19.9. The number of fused-ring (bicyclic) bond motifs is 1. The van der Waals surface area contributed by atoms with E-state index in [1.165, 1.54) is 17.2 Å². The molecule has 2 aromatic rings. The Balaban J connectivity index is 1.44. The van der Waals surface area contributed by atoms with Gasteiger partial charge in [0.2, 0.25) is 10.0 Å². The van der Waals surface area contributed by atoms with Crippen molar-refractivity contribution >= 4 is 15.9 Å². The Labute approximate surface area is 166 Å². The second kappa shape index (κ2) is 8.05. The number of nitrogens with one attached hydrogen (secondary N) is 1. The summed E-state index contributed by atoms with van der Waals surface area (Å²) in [5.41, 5.74) is 3.02. The second-order valence-corrected chi connectivity index (χ2v) is 9.59. The second-order valence-electron chi connectivity index (χ2n) is 7.66. The summed E-state index contributed by atoms with van der Waals surface area (Å²) in [6.45, 7) is 1.68. The molecule has 1 aliphatic heterocycles. The van der Waals surface area contributed by atoms with Crippen LogP contribution in [0, 0.1) is 0 Å². The van der Waals surface area contributed by atoms with Crippen molar-refractivity contribution in [3.05, 3.63) is 65.2 Å². The first-order chi connectivity index (χ1) is 13.6. The van der Waals surface area contributed by atoms with Crippen molar-refractivity contribution in [2.45, 2.75) is 42.9 Å². The van der Waals surface area contributed by atoms with Crippen molar-refractivity contribution in [1.29, 1.82) is 0 Å². The van der Waals surface area contributed by atoms with Gasteiger partial charge in [0.25, 0.3) is 5.91 Å². The van der Waals surface area contributed by atoms with E-state index in [-0.39, 0.29) is 10.8 Å². The Kier molecular flexibility index (Phi) is 5.51. The fourth-order valence-corrected chi connectivity index (χ4v) is 5.66. The van der Waals surface area contributed by atoms with Crippen LogP contribution in [0.3, 0.4) is 0 Å². The van der Waals surface area contributed by atoms with Gasteiger partial charge in [0.05, 0.1) is 4.90 Å². The summed E-state index contributed by atoms with van der Waals surface area (Å²) in [6, 6.07) is 14.7. The van der Waals surface area contributed by atoms with Crippen molar-refractivity contribution in [3.8, 4) is 0 Å². The van der Waals surface area contributed by atoms with Crippen LogP contribution in [0.5, 0.6) is 0 Å². The summed E-state index contributed by atoms with van der Waals surface area (Å²) in [5.74, 6) is 0.112. The zero-order valence-corrected chi connectivity index (χ0v) is 16.7. The largest absolute Gasteiger partial charge is 0.351 e. The Morgan fingerprint density at radius 1 is 1.00 bits per heavy atom. The molecule has 0 radical (unpaired) electrons. The van der Waals surface area contributed by atoms with E-state index in [2.05, 4.69) is 17.4 Å². The minimum absolute atomic E-state index is 0.205. The predicted molar refractivity (Wildman–Crippen MR) is 109 cm³/mol. The van der Waals surface area contributed by atoms with Gasteiger partial charge < -0.3 is 5.32 Å². The van der Waals surface area contributed by atoms with Crippen molar-refractivity contribution in [3.63, 3.8) is 0 Å². The molecule has 0 aromatic heterocycles. The van der Waals surface area contributed by atoms with E-state index in [1.807, 2.05) is 12.1 Å². The maximum absolute atomic E-state index is 13.0. The van der Waals surface area contributed by atoms with Crippen LogP contribution in [0.25, 0.3) is 0 Å². The monoisotopic (exact) mass is 398 g/mol. The van der Waals surface area contributed by atoms with E-state index >= 15 is 0 Å². The highest BCUT2D eigenvalue weighted by molar-refractivity contribution is 7.89. The number of nitrogens with zero attached hydrogens (tertiary/aromatic N) is 1. The molecule has 1 fully saturated rings. The van der Waals surface area contributed by atoms with E-state index in [4.69, 9.17) is 0 Å². The molecule has 1 unspecified atom stereocenters.